The molecule has 9 nitrogen and oxygen atoms in total. The van der Waals surface area contributed by atoms with Crippen molar-refractivity contribution in [3.05, 3.63) is 68.1 Å². The molecule has 0 spiro atoms. The molecule has 0 atom stereocenters. The fourth-order valence-corrected chi connectivity index (χ4v) is 2.98. The molecule has 0 unspecified atom stereocenters. The normalized spacial score (nSPS) is 10.9. The highest BCUT2D eigenvalue weighted by molar-refractivity contribution is 6.30. The lowest BCUT2D eigenvalue weighted by molar-refractivity contribution is -0.389. The van der Waals surface area contributed by atoms with Crippen molar-refractivity contribution in [2.45, 2.75) is 33.9 Å². The van der Waals surface area contributed by atoms with Gasteiger partial charge >= 0.3 is 5.82 Å². The molecular formula is C18H19ClN6O3. The van der Waals surface area contributed by atoms with Crippen molar-refractivity contribution in [2.75, 3.05) is 5.32 Å². The molecule has 2 heterocycles. The van der Waals surface area contributed by atoms with E-state index in [-0.39, 0.29) is 18.3 Å². The van der Waals surface area contributed by atoms with Crippen LogP contribution < -0.4 is 5.32 Å². The molecule has 10 heteroatoms. The van der Waals surface area contributed by atoms with Crippen molar-refractivity contribution in [2.24, 2.45) is 0 Å². The maximum Gasteiger partial charge on any atom is 0.390 e. The van der Waals surface area contributed by atoms with Gasteiger partial charge in [0.2, 0.25) is 5.91 Å². The smallest absolute Gasteiger partial charge is 0.358 e. The summed E-state index contributed by atoms with van der Waals surface area (Å²) in [6.07, 6.45) is 0. The summed E-state index contributed by atoms with van der Waals surface area (Å²) in [6.45, 7) is 5.76. The molecule has 0 bridgehead atoms. The zero-order valence-electron chi connectivity index (χ0n) is 15.6. The number of aryl methyl sites for hydroxylation is 2. The molecule has 146 valence electrons. The first-order valence-corrected chi connectivity index (χ1v) is 8.89. The van der Waals surface area contributed by atoms with Crippen LogP contribution in [0.25, 0.3) is 0 Å². The first-order chi connectivity index (χ1) is 13.2. The summed E-state index contributed by atoms with van der Waals surface area (Å²) in [7, 11) is 0. The molecule has 0 aliphatic rings. The number of anilines is 1. The third-order valence-electron chi connectivity index (χ3n) is 4.34. The van der Waals surface area contributed by atoms with Gasteiger partial charge in [0.15, 0.2) is 0 Å². The topological polar surface area (TPSA) is 108 Å². The van der Waals surface area contributed by atoms with E-state index in [1.165, 1.54) is 10.7 Å². The van der Waals surface area contributed by atoms with Crippen LogP contribution in [0.1, 0.15) is 22.6 Å². The molecule has 0 saturated carbocycles. The van der Waals surface area contributed by atoms with Gasteiger partial charge in [-0.1, -0.05) is 23.7 Å². The van der Waals surface area contributed by atoms with Crippen LogP contribution in [0, 0.1) is 30.9 Å². The summed E-state index contributed by atoms with van der Waals surface area (Å²) in [4.78, 5) is 22.7. The SMILES string of the molecule is Cc1nn(Cc2ccc(Cl)cc2)c(C)c1NC(=O)Cn1nc([N+](=O)[O-])cc1C. The maximum absolute atomic E-state index is 12.4. The average Bonchev–Trinajstić information content (AvgIpc) is 3.12. The van der Waals surface area contributed by atoms with Crippen LogP contribution in [0.2, 0.25) is 5.02 Å². The molecular weight excluding hydrogens is 384 g/mol. The molecule has 1 aromatic carbocycles. The van der Waals surface area contributed by atoms with Crippen molar-refractivity contribution < 1.29 is 9.72 Å². The second-order valence-electron chi connectivity index (χ2n) is 6.44. The standard InChI is InChI=1S/C18H19ClN6O3/c1-11-8-16(25(27)28)22-23(11)10-17(26)20-18-12(2)21-24(13(18)3)9-14-4-6-15(19)7-5-14/h4-8H,9-10H2,1-3H3,(H,20,26). The minimum absolute atomic E-state index is 0.124. The second-order valence-corrected chi connectivity index (χ2v) is 6.87. The fourth-order valence-electron chi connectivity index (χ4n) is 2.85. The number of amides is 1. The Balaban J connectivity index is 1.73. The molecule has 1 amide bonds. The molecule has 3 aromatic rings. The van der Waals surface area contributed by atoms with Gasteiger partial charge in [-0.05, 0) is 43.4 Å². The molecule has 3 rings (SSSR count). The van der Waals surface area contributed by atoms with E-state index in [4.69, 9.17) is 11.6 Å². The summed E-state index contributed by atoms with van der Waals surface area (Å²) in [6, 6.07) is 8.80. The number of halogens is 1. The van der Waals surface area contributed by atoms with Crippen molar-refractivity contribution in [3.8, 4) is 0 Å². The van der Waals surface area contributed by atoms with Crippen LogP contribution in [0.15, 0.2) is 30.3 Å². The van der Waals surface area contributed by atoms with E-state index in [0.717, 1.165) is 11.3 Å². The van der Waals surface area contributed by atoms with Gasteiger partial charge in [-0.15, -0.1) is 0 Å². The van der Waals surface area contributed by atoms with Gasteiger partial charge < -0.3 is 15.4 Å². The van der Waals surface area contributed by atoms with Crippen molar-refractivity contribution in [3.63, 3.8) is 0 Å². The van der Waals surface area contributed by atoms with Crippen LogP contribution >= 0.6 is 11.6 Å². The van der Waals surface area contributed by atoms with E-state index in [0.29, 0.717) is 28.6 Å². The number of hydrogen-bond donors (Lipinski definition) is 1. The first kappa shape index (κ1) is 19.6. The van der Waals surface area contributed by atoms with Crippen LogP contribution in [0.4, 0.5) is 11.5 Å². The van der Waals surface area contributed by atoms with Crippen LogP contribution in [-0.4, -0.2) is 30.4 Å². The van der Waals surface area contributed by atoms with Crippen LogP contribution in [-0.2, 0) is 17.9 Å². The van der Waals surface area contributed by atoms with E-state index in [1.54, 1.807) is 11.6 Å². The zero-order chi connectivity index (χ0) is 20.4. The van der Waals surface area contributed by atoms with E-state index in [1.807, 2.05) is 38.1 Å². The predicted molar refractivity (Wildman–Crippen MR) is 105 cm³/mol. The van der Waals surface area contributed by atoms with Gasteiger partial charge in [0, 0.05) is 5.02 Å². The fraction of sp³-hybridized carbons (Fsp3) is 0.278. The number of hydrogen-bond acceptors (Lipinski definition) is 5. The molecule has 0 saturated heterocycles. The summed E-state index contributed by atoms with van der Waals surface area (Å²) < 4.78 is 3.11. The van der Waals surface area contributed by atoms with Gasteiger partial charge in [0.05, 0.1) is 40.5 Å². The summed E-state index contributed by atoms with van der Waals surface area (Å²) in [5.74, 6) is -0.619. The number of carbonyl (C=O) groups is 1. The lowest BCUT2D eigenvalue weighted by Crippen LogP contribution is -2.21. The average molecular weight is 403 g/mol. The number of rotatable bonds is 6. The summed E-state index contributed by atoms with van der Waals surface area (Å²) in [5, 5.41) is 22.6. The Morgan fingerprint density at radius 3 is 2.46 bits per heavy atom. The minimum Gasteiger partial charge on any atom is -0.358 e. The zero-order valence-corrected chi connectivity index (χ0v) is 16.4. The Kier molecular flexibility index (Phi) is 5.46. The van der Waals surface area contributed by atoms with E-state index in [2.05, 4.69) is 15.5 Å². The Morgan fingerprint density at radius 1 is 1.18 bits per heavy atom. The minimum atomic E-state index is -0.587. The van der Waals surface area contributed by atoms with Gasteiger partial charge in [-0.2, -0.15) is 9.78 Å². The molecule has 1 N–H and O–H groups in total. The summed E-state index contributed by atoms with van der Waals surface area (Å²) >= 11 is 5.91. The quantitative estimate of drug-likeness (QED) is 0.503. The van der Waals surface area contributed by atoms with Crippen molar-refractivity contribution in [1.29, 1.82) is 0 Å². The molecule has 0 fully saturated rings. The second kappa shape index (κ2) is 7.81. The molecule has 0 radical (unpaired) electrons. The lowest BCUT2D eigenvalue weighted by atomic mass is 10.2. The largest absolute Gasteiger partial charge is 0.390 e. The van der Waals surface area contributed by atoms with E-state index in [9.17, 15) is 14.9 Å². The Hall–Kier alpha value is -3.20. The van der Waals surface area contributed by atoms with Crippen LogP contribution in [0.3, 0.4) is 0 Å². The van der Waals surface area contributed by atoms with Gasteiger partial charge in [0.25, 0.3) is 0 Å². The highest BCUT2D eigenvalue weighted by atomic mass is 35.5. The number of nitrogens with zero attached hydrogens (tertiary/aromatic N) is 5. The highest BCUT2D eigenvalue weighted by Gasteiger charge is 2.19. The van der Waals surface area contributed by atoms with Crippen LogP contribution in [0.5, 0.6) is 0 Å². The Morgan fingerprint density at radius 2 is 1.86 bits per heavy atom. The Bertz CT molecular complexity index is 1040. The molecule has 28 heavy (non-hydrogen) atoms. The molecule has 0 aliphatic carbocycles. The van der Waals surface area contributed by atoms with Gasteiger partial charge in [-0.3, -0.25) is 9.48 Å². The number of aromatic nitrogens is 4. The monoisotopic (exact) mass is 402 g/mol. The van der Waals surface area contributed by atoms with Crippen molar-refractivity contribution in [1.82, 2.24) is 19.6 Å². The number of benzene rings is 1. The maximum atomic E-state index is 12.4. The predicted octanol–water partition coefficient (Wildman–Crippen LogP) is 3.25. The van der Waals surface area contributed by atoms with E-state index >= 15 is 0 Å². The third kappa shape index (κ3) is 4.20. The summed E-state index contributed by atoms with van der Waals surface area (Å²) in [5.41, 5.74) is 3.69. The number of carbonyl (C=O) groups excluding carboxylic acids is 1. The first-order valence-electron chi connectivity index (χ1n) is 8.51. The molecule has 2 aromatic heterocycles. The number of nitrogens with one attached hydrogen (secondary N) is 1. The Labute approximate surface area is 166 Å². The lowest BCUT2D eigenvalue weighted by Gasteiger charge is -2.07. The highest BCUT2D eigenvalue weighted by Crippen LogP contribution is 2.21. The van der Waals surface area contributed by atoms with Gasteiger partial charge in [0.1, 0.15) is 6.54 Å². The van der Waals surface area contributed by atoms with E-state index < -0.39 is 4.92 Å². The third-order valence-corrected chi connectivity index (χ3v) is 4.59. The molecule has 0 aliphatic heterocycles. The number of nitro groups is 1. The van der Waals surface area contributed by atoms with Crippen molar-refractivity contribution >= 4 is 29.0 Å². The van der Waals surface area contributed by atoms with Gasteiger partial charge in [-0.25, -0.2) is 0 Å².